The molecule has 21 heavy (non-hydrogen) atoms. The Morgan fingerprint density at radius 1 is 1.00 bits per heavy atom. The molecule has 0 spiro atoms. The number of aliphatic hydroxyl groups is 1. The van der Waals surface area contributed by atoms with E-state index in [0.717, 1.165) is 26.2 Å². The summed E-state index contributed by atoms with van der Waals surface area (Å²) in [6.45, 7) is 6.26. The molecule has 116 valence electrons. The first-order valence-electron chi connectivity index (χ1n) is 6.74. The van der Waals surface area contributed by atoms with Crippen LogP contribution in [-0.4, -0.2) is 31.3 Å². The molecule has 1 rings (SSSR count). The Kier molecular flexibility index (Phi) is 5.12. The molecule has 0 aromatic heterocycles. The molecule has 1 aromatic rings. The van der Waals surface area contributed by atoms with E-state index in [-0.39, 0.29) is 11.0 Å². The maximum Gasteiger partial charge on any atom is 0.354 e. The highest BCUT2D eigenvalue weighted by atomic mass is 16.6. The third-order valence-corrected chi connectivity index (χ3v) is 3.93. The maximum absolute atomic E-state index is 11.8. The van der Waals surface area contributed by atoms with Crippen LogP contribution in [0.3, 0.4) is 0 Å². The summed E-state index contributed by atoms with van der Waals surface area (Å²) in [5.41, 5.74) is -1.31. The summed E-state index contributed by atoms with van der Waals surface area (Å²) in [5, 5.41) is 10.4. The smallest absolute Gasteiger partial charge is 0.354 e. The Labute approximate surface area is 124 Å². The number of methoxy groups -OCH3 is 2. The maximum atomic E-state index is 11.8. The van der Waals surface area contributed by atoms with Crippen LogP contribution >= 0.6 is 0 Å². The fourth-order valence-electron chi connectivity index (χ4n) is 1.98. The van der Waals surface area contributed by atoms with Crippen molar-refractivity contribution in [3.05, 3.63) is 35.4 Å². The molecule has 0 aliphatic heterocycles. The molecule has 5 heteroatoms. The minimum absolute atomic E-state index is 0.0345. The fourth-order valence-corrected chi connectivity index (χ4v) is 1.98. The normalized spacial score (nSPS) is 11.9. The van der Waals surface area contributed by atoms with E-state index in [2.05, 4.69) is 30.2 Å². The van der Waals surface area contributed by atoms with Gasteiger partial charge in [0, 0.05) is 5.56 Å². The van der Waals surface area contributed by atoms with Crippen molar-refractivity contribution in [1.82, 2.24) is 0 Å². The van der Waals surface area contributed by atoms with Crippen molar-refractivity contribution in [2.24, 2.45) is 0 Å². The third kappa shape index (κ3) is 3.08. The molecule has 5 nitrogen and oxygen atoms in total. The van der Waals surface area contributed by atoms with Gasteiger partial charge in [-0.05, 0) is 17.4 Å². The Bertz CT molecular complexity index is 500. The second-order valence-electron chi connectivity index (χ2n) is 5.51. The van der Waals surface area contributed by atoms with Crippen molar-refractivity contribution in [2.45, 2.75) is 38.2 Å². The van der Waals surface area contributed by atoms with Crippen LogP contribution in [0.4, 0.5) is 0 Å². The lowest BCUT2D eigenvalue weighted by Gasteiger charge is -2.26. The monoisotopic (exact) mass is 294 g/mol. The van der Waals surface area contributed by atoms with Crippen LogP contribution in [-0.2, 0) is 30.1 Å². The highest BCUT2D eigenvalue weighted by Gasteiger charge is 2.48. The summed E-state index contributed by atoms with van der Waals surface area (Å²) in [5.74, 6) is -2.14. The summed E-state index contributed by atoms with van der Waals surface area (Å²) in [6, 6.07) is 6.66. The largest absolute Gasteiger partial charge is 0.466 e. The number of hydrogen-bond donors (Lipinski definition) is 1. The Hall–Kier alpha value is -1.88. The van der Waals surface area contributed by atoms with Crippen molar-refractivity contribution in [2.75, 3.05) is 14.2 Å². The number of carbonyl (C=O) groups is 2. The zero-order chi connectivity index (χ0) is 16.3. The molecule has 1 N–H and O–H groups in total. The molecule has 0 saturated carbocycles. The van der Waals surface area contributed by atoms with Gasteiger partial charge < -0.3 is 14.6 Å². The van der Waals surface area contributed by atoms with Gasteiger partial charge in [-0.25, -0.2) is 9.59 Å². The number of esters is 2. The molecular weight excluding hydrogens is 272 g/mol. The summed E-state index contributed by atoms with van der Waals surface area (Å²) in [6.07, 6.45) is 0.935. The predicted molar refractivity (Wildman–Crippen MR) is 77.7 cm³/mol. The fraction of sp³-hybridized carbons (Fsp3) is 0.500. The van der Waals surface area contributed by atoms with Crippen LogP contribution in [0.15, 0.2) is 24.3 Å². The predicted octanol–water partition coefficient (Wildman–Crippen LogP) is 1.91. The summed E-state index contributed by atoms with van der Waals surface area (Å²) < 4.78 is 9.04. The Morgan fingerprint density at radius 3 is 1.71 bits per heavy atom. The van der Waals surface area contributed by atoms with E-state index < -0.39 is 17.5 Å². The van der Waals surface area contributed by atoms with Crippen molar-refractivity contribution in [3.8, 4) is 0 Å². The number of carbonyl (C=O) groups excluding carboxylic acids is 2. The number of benzene rings is 1. The molecule has 0 aliphatic carbocycles. The first kappa shape index (κ1) is 17.2. The van der Waals surface area contributed by atoms with E-state index in [0.29, 0.717) is 0 Å². The summed E-state index contributed by atoms with van der Waals surface area (Å²) in [4.78, 5) is 23.6. The topological polar surface area (TPSA) is 72.8 Å². The second kappa shape index (κ2) is 6.26. The summed E-state index contributed by atoms with van der Waals surface area (Å²) >= 11 is 0. The molecule has 0 bridgehead atoms. The molecule has 0 heterocycles. The molecule has 0 amide bonds. The number of hydrogen-bond acceptors (Lipinski definition) is 5. The van der Waals surface area contributed by atoms with E-state index in [1.165, 1.54) is 0 Å². The van der Waals surface area contributed by atoms with Gasteiger partial charge in [-0.3, -0.25) is 0 Å². The number of ether oxygens (including phenoxy) is 2. The van der Waals surface area contributed by atoms with E-state index in [4.69, 9.17) is 0 Å². The third-order valence-electron chi connectivity index (χ3n) is 3.93. The first-order valence-corrected chi connectivity index (χ1v) is 6.74. The van der Waals surface area contributed by atoms with Crippen molar-refractivity contribution in [3.63, 3.8) is 0 Å². The van der Waals surface area contributed by atoms with Gasteiger partial charge in [0.15, 0.2) is 0 Å². The molecule has 0 saturated heterocycles. The minimum Gasteiger partial charge on any atom is -0.466 e. The van der Waals surface area contributed by atoms with Crippen LogP contribution in [0.2, 0.25) is 0 Å². The van der Waals surface area contributed by atoms with Gasteiger partial charge in [0.1, 0.15) is 0 Å². The van der Waals surface area contributed by atoms with Crippen LogP contribution < -0.4 is 0 Å². The van der Waals surface area contributed by atoms with E-state index in [1.54, 1.807) is 24.3 Å². The van der Waals surface area contributed by atoms with Crippen LogP contribution in [0, 0.1) is 0 Å². The van der Waals surface area contributed by atoms with Crippen LogP contribution in [0.1, 0.15) is 38.3 Å². The zero-order valence-electron chi connectivity index (χ0n) is 13.1. The zero-order valence-corrected chi connectivity index (χ0v) is 13.1. The van der Waals surface area contributed by atoms with Gasteiger partial charge in [-0.1, -0.05) is 45.0 Å². The molecule has 1 aromatic carbocycles. The van der Waals surface area contributed by atoms with Gasteiger partial charge in [-0.2, -0.15) is 0 Å². The van der Waals surface area contributed by atoms with Gasteiger partial charge in [0.25, 0.3) is 5.60 Å². The Balaban J connectivity index is 3.29. The second-order valence-corrected chi connectivity index (χ2v) is 5.51. The molecule has 0 atom stereocenters. The van der Waals surface area contributed by atoms with Crippen molar-refractivity contribution < 1.29 is 24.2 Å². The standard InChI is InChI=1S/C16H22O5/c1-6-15(2,3)11-7-9-12(10-8-11)16(19,13(17)20-4)14(18)21-5/h7-10,19H,6H2,1-5H3. The highest BCUT2D eigenvalue weighted by Crippen LogP contribution is 2.30. The molecule has 0 aliphatic rings. The molecule has 0 radical (unpaired) electrons. The van der Waals surface area contributed by atoms with Crippen LogP contribution in [0.5, 0.6) is 0 Å². The molecule has 0 unspecified atom stereocenters. The SMILES string of the molecule is CCC(C)(C)c1ccc(C(O)(C(=O)OC)C(=O)OC)cc1. The molecular formula is C16H22O5. The van der Waals surface area contributed by atoms with E-state index in [9.17, 15) is 14.7 Å². The number of rotatable bonds is 5. The van der Waals surface area contributed by atoms with E-state index in [1.807, 2.05) is 0 Å². The highest BCUT2D eigenvalue weighted by molar-refractivity contribution is 6.04. The molecule has 0 fully saturated rings. The minimum atomic E-state index is -2.45. The average molecular weight is 294 g/mol. The summed E-state index contributed by atoms with van der Waals surface area (Å²) in [7, 11) is 2.20. The van der Waals surface area contributed by atoms with Gasteiger partial charge >= 0.3 is 11.9 Å². The van der Waals surface area contributed by atoms with E-state index >= 15 is 0 Å². The Morgan fingerprint density at radius 2 is 1.38 bits per heavy atom. The lowest BCUT2D eigenvalue weighted by atomic mass is 9.81. The lowest BCUT2D eigenvalue weighted by Crippen LogP contribution is -2.45. The van der Waals surface area contributed by atoms with Gasteiger partial charge in [0.2, 0.25) is 0 Å². The van der Waals surface area contributed by atoms with Gasteiger partial charge in [0.05, 0.1) is 14.2 Å². The van der Waals surface area contributed by atoms with Crippen molar-refractivity contribution in [1.29, 1.82) is 0 Å². The average Bonchev–Trinajstić information content (AvgIpc) is 2.52. The first-order chi connectivity index (χ1) is 9.73. The quantitative estimate of drug-likeness (QED) is 0.663. The lowest BCUT2D eigenvalue weighted by molar-refractivity contribution is -0.181. The van der Waals surface area contributed by atoms with Gasteiger partial charge in [-0.15, -0.1) is 0 Å². The van der Waals surface area contributed by atoms with Crippen LogP contribution in [0.25, 0.3) is 0 Å². The van der Waals surface area contributed by atoms with Crippen molar-refractivity contribution >= 4 is 11.9 Å².